The van der Waals surface area contributed by atoms with Gasteiger partial charge in [-0.1, -0.05) is 6.07 Å². The molecule has 5 rings (SSSR count). The van der Waals surface area contributed by atoms with Crippen LogP contribution in [0.3, 0.4) is 0 Å². The monoisotopic (exact) mass is 465 g/mol. The fourth-order valence-electron chi connectivity index (χ4n) is 3.84. The van der Waals surface area contributed by atoms with E-state index in [9.17, 15) is 19.2 Å². The molecule has 0 fully saturated rings. The number of rotatable bonds is 4. The molecule has 0 saturated carbocycles. The molecule has 1 aliphatic rings. The number of fused-ring (bicyclic) bond motifs is 2. The molecule has 1 aliphatic heterocycles. The van der Waals surface area contributed by atoms with Gasteiger partial charge in [0.05, 0.1) is 12.0 Å². The van der Waals surface area contributed by atoms with Crippen LogP contribution in [0.1, 0.15) is 12.0 Å². The van der Waals surface area contributed by atoms with E-state index in [2.05, 4.69) is 20.6 Å². The van der Waals surface area contributed by atoms with E-state index >= 15 is 0 Å². The number of benzene rings is 1. The van der Waals surface area contributed by atoms with Crippen LogP contribution in [0, 0.1) is 0 Å². The third-order valence-electron chi connectivity index (χ3n) is 5.55. The number of thiazole rings is 1. The minimum Gasteiger partial charge on any atom is -0.328 e. The summed E-state index contributed by atoms with van der Waals surface area (Å²) in [7, 11) is 3.15. The van der Waals surface area contributed by atoms with Crippen LogP contribution in [0.15, 0.2) is 39.5 Å². The molecule has 0 saturated heterocycles. The first-order valence-electron chi connectivity index (χ1n) is 10.1. The number of hydrogen-bond donors (Lipinski definition) is 2. The Bertz CT molecular complexity index is 1560. The second-order valence-electron chi connectivity index (χ2n) is 7.77. The van der Waals surface area contributed by atoms with Gasteiger partial charge in [-0.05, 0) is 24.1 Å². The maximum absolute atomic E-state index is 12.8. The Balaban J connectivity index is 1.36. The molecule has 0 aliphatic carbocycles. The number of aryl methyl sites for hydroxylation is 3. The van der Waals surface area contributed by atoms with Gasteiger partial charge in [0.2, 0.25) is 11.8 Å². The van der Waals surface area contributed by atoms with Crippen molar-refractivity contribution in [2.75, 3.05) is 10.6 Å². The minimum atomic E-state index is -0.623. The number of amides is 2. The van der Waals surface area contributed by atoms with Gasteiger partial charge >= 0.3 is 5.69 Å². The standard InChI is InChI=1S/C21H19N7O4S/c1-26-10-22-18-17(26)19(31)28(21(32)27(18)2)8-16(30)25-20-24-14(9-33-20)12-3-5-13-11(7-12)4-6-15(29)23-13/h3,5,7,9-10H,4,6,8H2,1-2H3,(H,23,29)(H,24,25,30). The van der Waals surface area contributed by atoms with Gasteiger partial charge in [-0.3, -0.25) is 19.0 Å². The van der Waals surface area contributed by atoms with E-state index < -0.39 is 23.7 Å². The Morgan fingerprint density at radius 3 is 2.85 bits per heavy atom. The van der Waals surface area contributed by atoms with Crippen molar-refractivity contribution in [1.82, 2.24) is 23.7 Å². The van der Waals surface area contributed by atoms with Crippen molar-refractivity contribution in [3.8, 4) is 11.3 Å². The van der Waals surface area contributed by atoms with Crippen LogP contribution in [-0.2, 0) is 36.6 Å². The van der Waals surface area contributed by atoms with E-state index in [0.717, 1.165) is 21.4 Å². The molecule has 0 bridgehead atoms. The molecular formula is C21H19N7O4S. The van der Waals surface area contributed by atoms with Gasteiger partial charge in [-0.2, -0.15) is 0 Å². The highest BCUT2D eigenvalue weighted by atomic mass is 32.1. The normalized spacial score (nSPS) is 13.1. The number of anilines is 2. The molecular weight excluding hydrogens is 446 g/mol. The number of carbonyl (C=O) groups is 2. The molecule has 2 amide bonds. The molecule has 2 N–H and O–H groups in total. The largest absolute Gasteiger partial charge is 0.332 e. The van der Waals surface area contributed by atoms with Gasteiger partial charge in [0.1, 0.15) is 6.54 Å². The number of imidazole rings is 1. The highest BCUT2D eigenvalue weighted by molar-refractivity contribution is 7.14. The molecule has 0 spiro atoms. The van der Waals surface area contributed by atoms with Crippen molar-refractivity contribution >= 4 is 45.1 Å². The maximum atomic E-state index is 12.8. The SMILES string of the molecule is Cn1cnc2c1c(=O)n(CC(=O)Nc1nc(-c3ccc4c(c3)CCC(=O)N4)cs1)c(=O)n2C. The minimum absolute atomic E-state index is 0.00499. The van der Waals surface area contributed by atoms with Crippen LogP contribution >= 0.6 is 11.3 Å². The smallest absolute Gasteiger partial charge is 0.328 e. The molecule has 3 aromatic heterocycles. The maximum Gasteiger partial charge on any atom is 0.332 e. The van der Waals surface area contributed by atoms with E-state index in [1.165, 1.54) is 33.8 Å². The van der Waals surface area contributed by atoms with E-state index in [-0.39, 0.29) is 17.1 Å². The Kier molecular flexibility index (Phi) is 4.93. The topological polar surface area (TPSA) is 133 Å². The lowest BCUT2D eigenvalue weighted by atomic mass is 9.99. The molecule has 12 heteroatoms. The highest BCUT2D eigenvalue weighted by Crippen LogP contribution is 2.30. The van der Waals surface area contributed by atoms with Crippen molar-refractivity contribution in [1.29, 1.82) is 0 Å². The lowest BCUT2D eigenvalue weighted by Gasteiger charge is -2.17. The van der Waals surface area contributed by atoms with Gasteiger partial charge in [0.15, 0.2) is 16.3 Å². The number of hydrogen-bond acceptors (Lipinski definition) is 7. The molecule has 11 nitrogen and oxygen atoms in total. The van der Waals surface area contributed by atoms with Gasteiger partial charge in [-0.15, -0.1) is 11.3 Å². The van der Waals surface area contributed by atoms with E-state index in [1.54, 1.807) is 7.05 Å². The van der Waals surface area contributed by atoms with E-state index in [1.807, 2.05) is 23.6 Å². The first-order valence-corrected chi connectivity index (χ1v) is 11.0. The second kappa shape index (κ2) is 7.81. The average Bonchev–Trinajstić information content (AvgIpc) is 3.41. The molecule has 168 valence electrons. The van der Waals surface area contributed by atoms with Crippen LogP contribution in [0.2, 0.25) is 0 Å². The zero-order chi connectivity index (χ0) is 23.3. The second-order valence-corrected chi connectivity index (χ2v) is 8.62. The summed E-state index contributed by atoms with van der Waals surface area (Å²) >= 11 is 1.24. The molecule has 4 heterocycles. The first kappa shape index (κ1) is 20.8. The Morgan fingerprint density at radius 1 is 1.21 bits per heavy atom. The molecule has 0 atom stereocenters. The molecule has 0 unspecified atom stereocenters. The summed E-state index contributed by atoms with van der Waals surface area (Å²) in [5, 5.41) is 7.67. The summed E-state index contributed by atoms with van der Waals surface area (Å²) < 4.78 is 3.64. The number of aromatic nitrogens is 5. The van der Waals surface area contributed by atoms with E-state index in [4.69, 9.17) is 0 Å². The summed E-state index contributed by atoms with van der Waals surface area (Å²) in [5.74, 6) is -0.532. The molecule has 33 heavy (non-hydrogen) atoms. The van der Waals surface area contributed by atoms with Crippen molar-refractivity contribution in [2.45, 2.75) is 19.4 Å². The summed E-state index contributed by atoms with van der Waals surface area (Å²) in [4.78, 5) is 58.0. The Hall–Kier alpha value is -4.06. The predicted molar refractivity (Wildman–Crippen MR) is 123 cm³/mol. The zero-order valence-corrected chi connectivity index (χ0v) is 18.6. The summed E-state index contributed by atoms with van der Waals surface area (Å²) in [6.45, 7) is -0.444. The van der Waals surface area contributed by atoms with Crippen molar-refractivity contribution < 1.29 is 9.59 Å². The summed E-state index contributed by atoms with van der Waals surface area (Å²) in [6.07, 6.45) is 2.55. The van der Waals surface area contributed by atoms with Crippen molar-refractivity contribution in [2.24, 2.45) is 14.1 Å². The first-order chi connectivity index (χ1) is 15.8. The third kappa shape index (κ3) is 3.63. The van der Waals surface area contributed by atoms with Crippen molar-refractivity contribution in [3.63, 3.8) is 0 Å². The molecule has 0 radical (unpaired) electrons. The van der Waals surface area contributed by atoms with Crippen molar-refractivity contribution in [3.05, 3.63) is 56.3 Å². The van der Waals surface area contributed by atoms with Crippen LogP contribution in [0.4, 0.5) is 10.8 Å². The summed E-state index contributed by atoms with van der Waals surface area (Å²) in [6, 6.07) is 5.68. The quantitative estimate of drug-likeness (QED) is 0.463. The highest BCUT2D eigenvalue weighted by Gasteiger charge is 2.19. The van der Waals surface area contributed by atoms with Gasteiger partial charge in [-0.25, -0.2) is 19.3 Å². The van der Waals surface area contributed by atoms with Crippen LogP contribution < -0.4 is 21.9 Å². The lowest BCUT2D eigenvalue weighted by Crippen LogP contribution is -2.42. The molecule has 4 aromatic rings. The zero-order valence-electron chi connectivity index (χ0n) is 17.8. The number of nitrogens with zero attached hydrogens (tertiary/aromatic N) is 5. The average molecular weight is 465 g/mol. The number of carbonyl (C=O) groups excluding carboxylic acids is 2. The van der Waals surface area contributed by atoms with Crippen LogP contribution in [0.5, 0.6) is 0 Å². The van der Waals surface area contributed by atoms with E-state index in [0.29, 0.717) is 23.7 Å². The molecule has 1 aromatic carbocycles. The van der Waals surface area contributed by atoms with Crippen LogP contribution in [0.25, 0.3) is 22.4 Å². The van der Waals surface area contributed by atoms with Crippen LogP contribution in [-0.4, -0.2) is 35.5 Å². The Morgan fingerprint density at radius 2 is 2.03 bits per heavy atom. The van der Waals surface area contributed by atoms with Gasteiger partial charge < -0.3 is 15.2 Å². The third-order valence-corrected chi connectivity index (χ3v) is 6.31. The number of nitrogens with one attached hydrogen (secondary N) is 2. The van der Waals surface area contributed by atoms with Gasteiger partial charge in [0, 0.05) is 37.1 Å². The predicted octanol–water partition coefficient (Wildman–Crippen LogP) is 1.08. The van der Waals surface area contributed by atoms with Gasteiger partial charge in [0.25, 0.3) is 5.56 Å². The Labute approximate surface area is 190 Å². The fraction of sp³-hybridized carbons (Fsp3) is 0.238. The fourth-order valence-corrected chi connectivity index (χ4v) is 4.58. The lowest BCUT2D eigenvalue weighted by molar-refractivity contribution is -0.117. The summed E-state index contributed by atoms with van der Waals surface area (Å²) in [5.41, 5.74) is 2.69.